The number of benzene rings is 2. The van der Waals surface area contributed by atoms with Gasteiger partial charge in [-0.15, -0.1) is 0 Å². The van der Waals surface area contributed by atoms with E-state index in [2.05, 4.69) is 15.3 Å². The van der Waals surface area contributed by atoms with Crippen molar-refractivity contribution in [3.05, 3.63) is 117 Å². The van der Waals surface area contributed by atoms with Crippen LogP contribution in [0.2, 0.25) is 10.0 Å². The number of nitrogens with zero attached hydrogens (tertiary/aromatic N) is 3. The van der Waals surface area contributed by atoms with Gasteiger partial charge in [-0.1, -0.05) is 47.5 Å². The summed E-state index contributed by atoms with van der Waals surface area (Å²) in [6.45, 7) is 1.72. The molecule has 180 valence electrons. The van der Waals surface area contributed by atoms with Crippen LogP contribution in [0.3, 0.4) is 0 Å². The summed E-state index contributed by atoms with van der Waals surface area (Å²) >= 11 is 12.4. The number of halogens is 3. The number of nitrogens with one attached hydrogen (secondary N) is 1. The van der Waals surface area contributed by atoms with Gasteiger partial charge in [-0.2, -0.15) is 0 Å². The Morgan fingerprint density at radius 2 is 1.86 bits per heavy atom. The molecule has 35 heavy (non-hydrogen) atoms. The van der Waals surface area contributed by atoms with Crippen molar-refractivity contribution < 1.29 is 13.6 Å². The Kier molecular flexibility index (Phi) is 8.47. The second-order valence-electron chi connectivity index (χ2n) is 7.96. The summed E-state index contributed by atoms with van der Waals surface area (Å²) in [6.07, 6.45) is 3.68. The molecule has 4 rings (SSSR count). The van der Waals surface area contributed by atoms with Crippen LogP contribution in [0.15, 0.2) is 77.5 Å². The van der Waals surface area contributed by atoms with Crippen molar-refractivity contribution in [2.75, 3.05) is 6.54 Å². The third-order valence-electron chi connectivity index (χ3n) is 5.26. The smallest absolute Gasteiger partial charge is 0.273 e. The van der Waals surface area contributed by atoms with Crippen LogP contribution in [0, 0.1) is 5.82 Å². The Morgan fingerprint density at radius 1 is 1.03 bits per heavy atom. The third kappa shape index (κ3) is 7.36. The fourth-order valence-electron chi connectivity index (χ4n) is 3.53. The van der Waals surface area contributed by atoms with Crippen LogP contribution in [-0.4, -0.2) is 27.3 Å². The molecule has 9 heteroatoms. The molecule has 0 saturated heterocycles. The number of hydrogen-bond acceptors (Lipinski definition) is 5. The molecule has 1 amide bonds. The van der Waals surface area contributed by atoms with Gasteiger partial charge in [0, 0.05) is 48.0 Å². The van der Waals surface area contributed by atoms with E-state index in [1.807, 2.05) is 29.2 Å². The summed E-state index contributed by atoms with van der Waals surface area (Å²) < 4.78 is 18.9. The molecule has 6 nitrogen and oxygen atoms in total. The molecule has 0 atom stereocenters. The zero-order chi connectivity index (χ0) is 24.6. The monoisotopic (exact) mass is 512 g/mol. The molecule has 1 N–H and O–H groups in total. The molecule has 0 fully saturated rings. The zero-order valence-electron chi connectivity index (χ0n) is 18.8. The number of carbonyl (C=O) groups is 1. The van der Waals surface area contributed by atoms with Crippen molar-refractivity contribution in [1.82, 2.24) is 20.2 Å². The number of pyridine rings is 1. The van der Waals surface area contributed by atoms with E-state index in [1.165, 1.54) is 18.4 Å². The van der Waals surface area contributed by atoms with Gasteiger partial charge >= 0.3 is 0 Å². The van der Waals surface area contributed by atoms with Crippen LogP contribution in [0.1, 0.15) is 33.2 Å². The van der Waals surface area contributed by atoms with E-state index in [1.54, 1.807) is 30.5 Å². The van der Waals surface area contributed by atoms with E-state index in [0.717, 1.165) is 16.8 Å². The Bertz CT molecular complexity index is 1270. The van der Waals surface area contributed by atoms with Gasteiger partial charge in [-0.3, -0.25) is 14.7 Å². The average molecular weight is 513 g/mol. The summed E-state index contributed by atoms with van der Waals surface area (Å²) in [4.78, 5) is 23.1. The third-order valence-corrected chi connectivity index (χ3v) is 5.85. The second-order valence-corrected chi connectivity index (χ2v) is 8.80. The number of aromatic nitrogens is 2. The highest BCUT2D eigenvalue weighted by atomic mass is 35.5. The molecule has 0 aliphatic carbocycles. The highest BCUT2D eigenvalue weighted by Crippen LogP contribution is 2.24. The number of hydrogen-bond donors (Lipinski definition) is 1. The number of amides is 1. The first-order chi connectivity index (χ1) is 17.0. The molecule has 0 unspecified atom stereocenters. The maximum Gasteiger partial charge on any atom is 0.273 e. The van der Waals surface area contributed by atoms with Gasteiger partial charge in [-0.25, -0.2) is 9.37 Å². The minimum atomic E-state index is -0.318. The zero-order valence-corrected chi connectivity index (χ0v) is 20.3. The molecular formula is C26H23Cl2FN4O2. The van der Waals surface area contributed by atoms with Crippen LogP contribution < -0.4 is 5.32 Å². The van der Waals surface area contributed by atoms with Crippen LogP contribution in [0.4, 0.5) is 4.39 Å². The normalized spacial score (nSPS) is 11.1. The van der Waals surface area contributed by atoms with Gasteiger partial charge in [-0.05, 0) is 47.5 Å². The first-order valence-corrected chi connectivity index (χ1v) is 11.7. The van der Waals surface area contributed by atoms with Crippen molar-refractivity contribution in [3.63, 3.8) is 0 Å². The molecule has 0 spiro atoms. The van der Waals surface area contributed by atoms with Crippen LogP contribution in [0.5, 0.6) is 0 Å². The fourth-order valence-corrected chi connectivity index (χ4v) is 3.99. The highest BCUT2D eigenvalue weighted by molar-refractivity contribution is 6.35. The lowest BCUT2D eigenvalue weighted by atomic mass is 10.1. The molecule has 0 aliphatic rings. The number of carbonyl (C=O) groups excluding carboxylic acids is 1. The Balaban J connectivity index is 1.42. The van der Waals surface area contributed by atoms with E-state index in [9.17, 15) is 9.18 Å². The van der Waals surface area contributed by atoms with E-state index < -0.39 is 0 Å². The van der Waals surface area contributed by atoms with Gasteiger partial charge in [0.25, 0.3) is 5.91 Å². The Morgan fingerprint density at radius 3 is 2.60 bits per heavy atom. The predicted molar refractivity (Wildman–Crippen MR) is 133 cm³/mol. The van der Waals surface area contributed by atoms with Gasteiger partial charge in [0.2, 0.25) is 5.89 Å². The largest absolute Gasteiger partial charge is 0.447 e. The number of rotatable bonds is 10. The molecule has 0 saturated carbocycles. The lowest BCUT2D eigenvalue weighted by Gasteiger charge is -2.21. The van der Waals surface area contributed by atoms with E-state index in [-0.39, 0.29) is 17.4 Å². The molecule has 2 aromatic carbocycles. The van der Waals surface area contributed by atoms with Crippen LogP contribution in [-0.2, 0) is 26.1 Å². The summed E-state index contributed by atoms with van der Waals surface area (Å²) in [5.41, 5.74) is 2.88. The lowest BCUT2D eigenvalue weighted by molar-refractivity contribution is 0.0949. The standard InChI is InChI=1S/C26H23Cl2FN4O2/c27-20-7-6-19(23(28)13-20)15-33(14-18-4-8-21(29)9-5-18)16-25-32-24(17-35-25)26(34)31-12-10-22-3-1-2-11-30-22/h1-9,11,13,17H,10,12,14-16H2,(H,31,34). The van der Waals surface area contributed by atoms with Crippen LogP contribution in [0.25, 0.3) is 0 Å². The molecule has 0 aliphatic heterocycles. The predicted octanol–water partition coefficient (Wildman–Crippen LogP) is 5.69. The molecule has 4 aromatic rings. The quantitative estimate of drug-likeness (QED) is 0.295. The minimum Gasteiger partial charge on any atom is -0.447 e. The number of oxazole rings is 1. The topological polar surface area (TPSA) is 71.3 Å². The molecule has 0 radical (unpaired) electrons. The highest BCUT2D eigenvalue weighted by Gasteiger charge is 2.17. The molecule has 2 aromatic heterocycles. The fraction of sp³-hybridized carbons (Fsp3) is 0.192. The summed E-state index contributed by atoms with van der Waals surface area (Å²) in [5.74, 6) is -0.235. The summed E-state index contributed by atoms with van der Waals surface area (Å²) in [7, 11) is 0. The average Bonchev–Trinajstić information content (AvgIpc) is 3.31. The summed E-state index contributed by atoms with van der Waals surface area (Å²) in [5, 5.41) is 3.93. The summed E-state index contributed by atoms with van der Waals surface area (Å²) in [6, 6.07) is 17.3. The Hall–Kier alpha value is -3.26. The van der Waals surface area contributed by atoms with E-state index in [4.69, 9.17) is 27.6 Å². The first-order valence-electron chi connectivity index (χ1n) is 11.0. The minimum absolute atomic E-state index is 0.201. The van der Waals surface area contributed by atoms with Crippen molar-refractivity contribution in [3.8, 4) is 0 Å². The first kappa shape index (κ1) is 24.9. The van der Waals surface area contributed by atoms with Crippen LogP contribution >= 0.6 is 23.2 Å². The van der Waals surface area contributed by atoms with E-state index >= 15 is 0 Å². The van der Waals surface area contributed by atoms with Gasteiger partial charge < -0.3 is 9.73 Å². The van der Waals surface area contributed by atoms with Gasteiger partial charge in [0.15, 0.2) is 5.69 Å². The van der Waals surface area contributed by atoms with Crippen molar-refractivity contribution in [1.29, 1.82) is 0 Å². The van der Waals surface area contributed by atoms with Crippen molar-refractivity contribution in [2.45, 2.75) is 26.1 Å². The maximum atomic E-state index is 13.4. The SMILES string of the molecule is O=C(NCCc1ccccn1)c1coc(CN(Cc2ccc(F)cc2)Cc2ccc(Cl)cc2Cl)n1. The lowest BCUT2D eigenvalue weighted by Crippen LogP contribution is -2.26. The van der Waals surface area contributed by atoms with E-state index in [0.29, 0.717) is 48.5 Å². The van der Waals surface area contributed by atoms with Gasteiger partial charge in [0.05, 0.1) is 6.54 Å². The van der Waals surface area contributed by atoms with Gasteiger partial charge in [0.1, 0.15) is 12.1 Å². The molecule has 0 bridgehead atoms. The van der Waals surface area contributed by atoms with Crippen molar-refractivity contribution in [2.24, 2.45) is 0 Å². The van der Waals surface area contributed by atoms with Crippen molar-refractivity contribution >= 4 is 29.1 Å². The maximum absolute atomic E-state index is 13.4. The second kappa shape index (κ2) is 11.9. The molecule has 2 heterocycles. The Labute approximate surface area is 212 Å². The molecular weight excluding hydrogens is 490 g/mol.